The van der Waals surface area contributed by atoms with Crippen molar-refractivity contribution in [3.63, 3.8) is 0 Å². The predicted octanol–water partition coefficient (Wildman–Crippen LogP) is 1.93. The van der Waals surface area contributed by atoms with E-state index >= 15 is 0 Å². The number of aromatic nitrogens is 5. The van der Waals surface area contributed by atoms with Crippen molar-refractivity contribution in [2.75, 3.05) is 5.32 Å². The summed E-state index contributed by atoms with van der Waals surface area (Å²) in [7, 11) is 1.79. The lowest BCUT2D eigenvalue weighted by Crippen LogP contribution is -2.14. The number of nitrogens with one attached hydrogen (secondary N) is 1. The first-order valence-corrected chi connectivity index (χ1v) is 7.28. The highest BCUT2D eigenvalue weighted by atomic mass is 16.1. The van der Waals surface area contributed by atoms with Crippen LogP contribution >= 0.6 is 0 Å². The van der Waals surface area contributed by atoms with E-state index in [0.717, 1.165) is 5.69 Å². The van der Waals surface area contributed by atoms with Crippen molar-refractivity contribution in [1.82, 2.24) is 24.5 Å². The number of carbonyl (C=O) groups excluding carboxylic acids is 1. The molecule has 0 aliphatic carbocycles. The second kappa shape index (κ2) is 6.04. The summed E-state index contributed by atoms with van der Waals surface area (Å²) in [5.41, 5.74) is 3.67. The molecule has 0 aliphatic rings. The molecule has 0 radical (unpaired) electrons. The fraction of sp³-hybridized carbons (Fsp3) is 0.250. The summed E-state index contributed by atoms with van der Waals surface area (Å²) in [4.78, 5) is 16.4. The maximum atomic E-state index is 12.2. The van der Waals surface area contributed by atoms with Crippen LogP contribution in [0.5, 0.6) is 0 Å². The van der Waals surface area contributed by atoms with Crippen LogP contribution in [0, 0.1) is 13.8 Å². The molecule has 0 saturated carbocycles. The molecule has 3 rings (SSSR count). The van der Waals surface area contributed by atoms with Gasteiger partial charge in [-0.25, -0.2) is 9.67 Å². The normalized spacial score (nSPS) is 10.7. The van der Waals surface area contributed by atoms with Gasteiger partial charge >= 0.3 is 0 Å². The zero-order valence-corrected chi connectivity index (χ0v) is 13.3. The minimum Gasteiger partial charge on any atom is -0.289 e. The number of anilines is 1. The minimum absolute atomic E-state index is 0.260. The van der Waals surface area contributed by atoms with Gasteiger partial charge in [0.15, 0.2) is 0 Å². The molecule has 0 saturated heterocycles. The third kappa shape index (κ3) is 3.13. The monoisotopic (exact) mass is 310 g/mol. The Bertz CT molecular complexity index is 848. The second-order valence-corrected chi connectivity index (χ2v) is 5.41. The Kier molecular flexibility index (Phi) is 3.92. The third-order valence-electron chi connectivity index (χ3n) is 3.84. The van der Waals surface area contributed by atoms with E-state index in [4.69, 9.17) is 0 Å². The van der Waals surface area contributed by atoms with Gasteiger partial charge in [-0.15, -0.1) is 5.10 Å². The van der Waals surface area contributed by atoms with Crippen molar-refractivity contribution in [2.45, 2.75) is 20.4 Å². The van der Waals surface area contributed by atoms with E-state index in [-0.39, 0.29) is 11.9 Å². The van der Waals surface area contributed by atoms with Crippen molar-refractivity contribution in [2.24, 2.45) is 7.05 Å². The smallest absolute Gasteiger partial charge is 0.261 e. The molecule has 7 heteroatoms. The maximum absolute atomic E-state index is 12.2. The SMILES string of the molecule is Cc1ccccc1Cn1cnc(NC(=O)c2cnn(C)c2C)n1. The highest BCUT2D eigenvalue weighted by Crippen LogP contribution is 2.11. The van der Waals surface area contributed by atoms with Crippen LogP contribution in [0.3, 0.4) is 0 Å². The van der Waals surface area contributed by atoms with Crippen molar-refractivity contribution in [3.05, 3.63) is 59.2 Å². The van der Waals surface area contributed by atoms with E-state index in [2.05, 4.69) is 33.5 Å². The molecular formula is C16H18N6O. The molecule has 7 nitrogen and oxygen atoms in total. The van der Waals surface area contributed by atoms with Gasteiger partial charge in [-0.1, -0.05) is 24.3 Å². The maximum Gasteiger partial charge on any atom is 0.261 e. The first kappa shape index (κ1) is 15.0. The van der Waals surface area contributed by atoms with Crippen LogP contribution in [-0.2, 0) is 13.6 Å². The van der Waals surface area contributed by atoms with Gasteiger partial charge in [0.25, 0.3) is 5.91 Å². The topological polar surface area (TPSA) is 77.6 Å². The lowest BCUT2D eigenvalue weighted by atomic mass is 10.1. The largest absolute Gasteiger partial charge is 0.289 e. The van der Waals surface area contributed by atoms with Crippen molar-refractivity contribution >= 4 is 11.9 Å². The summed E-state index contributed by atoms with van der Waals surface area (Å²) in [6.45, 7) is 4.51. The molecule has 1 amide bonds. The molecule has 2 heterocycles. The number of aryl methyl sites for hydroxylation is 2. The molecule has 118 valence electrons. The molecule has 0 bridgehead atoms. The predicted molar refractivity (Wildman–Crippen MR) is 86.2 cm³/mol. The molecule has 0 fully saturated rings. The van der Waals surface area contributed by atoms with Gasteiger partial charge < -0.3 is 0 Å². The average Bonchev–Trinajstić information content (AvgIpc) is 3.09. The number of benzene rings is 1. The van der Waals surface area contributed by atoms with Gasteiger partial charge in [0.05, 0.1) is 18.3 Å². The van der Waals surface area contributed by atoms with Crippen LogP contribution in [0.4, 0.5) is 5.95 Å². The average molecular weight is 310 g/mol. The molecule has 3 aromatic rings. The fourth-order valence-electron chi connectivity index (χ4n) is 2.28. The number of rotatable bonds is 4. The summed E-state index contributed by atoms with van der Waals surface area (Å²) >= 11 is 0. The summed E-state index contributed by atoms with van der Waals surface area (Å²) in [6, 6.07) is 8.10. The highest BCUT2D eigenvalue weighted by Gasteiger charge is 2.14. The zero-order chi connectivity index (χ0) is 16.4. The van der Waals surface area contributed by atoms with Gasteiger partial charge in [-0.2, -0.15) is 5.10 Å². The van der Waals surface area contributed by atoms with Gasteiger partial charge in [-0.3, -0.25) is 14.8 Å². The Morgan fingerprint density at radius 1 is 1.26 bits per heavy atom. The third-order valence-corrected chi connectivity index (χ3v) is 3.84. The van der Waals surface area contributed by atoms with Gasteiger partial charge in [-0.05, 0) is 25.0 Å². The lowest BCUT2D eigenvalue weighted by molar-refractivity contribution is 0.102. The second-order valence-electron chi connectivity index (χ2n) is 5.41. The van der Waals surface area contributed by atoms with Gasteiger partial charge in [0, 0.05) is 12.7 Å². The number of amides is 1. The quantitative estimate of drug-likeness (QED) is 0.798. The van der Waals surface area contributed by atoms with E-state index in [1.165, 1.54) is 17.3 Å². The van der Waals surface area contributed by atoms with E-state index in [1.54, 1.807) is 22.7 Å². The van der Waals surface area contributed by atoms with Crippen molar-refractivity contribution in [1.29, 1.82) is 0 Å². The van der Waals surface area contributed by atoms with Crippen LogP contribution in [0.2, 0.25) is 0 Å². The molecule has 1 N–H and O–H groups in total. The first-order valence-electron chi connectivity index (χ1n) is 7.28. The Morgan fingerprint density at radius 2 is 2.04 bits per heavy atom. The van der Waals surface area contributed by atoms with E-state index < -0.39 is 0 Å². The van der Waals surface area contributed by atoms with Crippen LogP contribution in [0.1, 0.15) is 27.2 Å². The molecule has 0 aliphatic heterocycles. The summed E-state index contributed by atoms with van der Waals surface area (Å²) < 4.78 is 3.35. The summed E-state index contributed by atoms with van der Waals surface area (Å²) in [5.74, 6) is 0.0241. The Labute approximate surface area is 134 Å². The molecule has 0 spiro atoms. The van der Waals surface area contributed by atoms with E-state index in [0.29, 0.717) is 12.1 Å². The standard InChI is InChI=1S/C16H18N6O/c1-11-6-4-5-7-13(11)9-22-10-17-16(20-22)19-15(23)14-8-18-21(3)12(14)2/h4-8,10H,9H2,1-3H3,(H,19,20,23). The van der Waals surface area contributed by atoms with Crippen LogP contribution in [0.15, 0.2) is 36.8 Å². The lowest BCUT2D eigenvalue weighted by Gasteiger charge is -2.04. The Morgan fingerprint density at radius 3 is 2.74 bits per heavy atom. The minimum atomic E-state index is -0.260. The van der Waals surface area contributed by atoms with Crippen LogP contribution in [-0.4, -0.2) is 30.5 Å². The molecule has 23 heavy (non-hydrogen) atoms. The number of hydrogen-bond acceptors (Lipinski definition) is 4. The van der Waals surface area contributed by atoms with Gasteiger partial charge in [0.1, 0.15) is 6.33 Å². The van der Waals surface area contributed by atoms with E-state index in [9.17, 15) is 4.79 Å². The molecular weight excluding hydrogens is 292 g/mol. The van der Waals surface area contributed by atoms with Crippen molar-refractivity contribution in [3.8, 4) is 0 Å². The summed E-state index contributed by atoms with van der Waals surface area (Å²) in [6.07, 6.45) is 3.15. The molecule has 2 aromatic heterocycles. The Hall–Kier alpha value is -2.96. The molecule has 0 unspecified atom stereocenters. The zero-order valence-electron chi connectivity index (χ0n) is 13.3. The molecule has 0 atom stereocenters. The van der Waals surface area contributed by atoms with Crippen LogP contribution < -0.4 is 5.32 Å². The van der Waals surface area contributed by atoms with Crippen LogP contribution in [0.25, 0.3) is 0 Å². The highest BCUT2D eigenvalue weighted by molar-refractivity contribution is 6.03. The Balaban J connectivity index is 1.71. The first-order chi connectivity index (χ1) is 11.0. The number of hydrogen-bond donors (Lipinski definition) is 1. The van der Waals surface area contributed by atoms with E-state index in [1.807, 2.05) is 25.1 Å². The molecule has 1 aromatic carbocycles. The fourth-order valence-corrected chi connectivity index (χ4v) is 2.28. The number of carbonyl (C=O) groups is 1. The van der Waals surface area contributed by atoms with Crippen molar-refractivity contribution < 1.29 is 4.79 Å². The summed E-state index contributed by atoms with van der Waals surface area (Å²) in [5, 5.41) is 11.1. The number of nitrogens with zero attached hydrogens (tertiary/aromatic N) is 5. The van der Waals surface area contributed by atoms with Gasteiger partial charge in [0.2, 0.25) is 5.95 Å².